The van der Waals surface area contributed by atoms with Gasteiger partial charge in [-0.15, -0.1) is 0 Å². The molecule has 2 N–H and O–H groups in total. The number of hydrogen-bond acceptors (Lipinski definition) is 4. The van der Waals surface area contributed by atoms with Crippen molar-refractivity contribution in [2.45, 2.75) is 39.7 Å². The summed E-state index contributed by atoms with van der Waals surface area (Å²) < 4.78 is 1.62. The summed E-state index contributed by atoms with van der Waals surface area (Å²) in [4.78, 5) is 16.0. The van der Waals surface area contributed by atoms with Gasteiger partial charge in [0, 0.05) is 32.1 Å². The van der Waals surface area contributed by atoms with Gasteiger partial charge in [-0.3, -0.25) is 4.79 Å². The van der Waals surface area contributed by atoms with E-state index in [-0.39, 0.29) is 12.2 Å². The van der Waals surface area contributed by atoms with Crippen LogP contribution in [0.4, 0.5) is 5.82 Å². The SMILES string of the molecule is CCCC(CCO)CNc1nccn(CC)c1=O. The molecule has 5 heteroatoms. The Balaban J connectivity index is 2.64. The van der Waals surface area contributed by atoms with Gasteiger partial charge in [0.1, 0.15) is 0 Å². The highest BCUT2D eigenvalue weighted by molar-refractivity contribution is 5.30. The summed E-state index contributed by atoms with van der Waals surface area (Å²) in [6, 6.07) is 0. The highest BCUT2D eigenvalue weighted by Crippen LogP contribution is 2.11. The van der Waals surface area contributed by atoms with Crippen molar-refractivity contribution in [2.75, 3.05) is 18.5 Å². The van der Waals surface area contributed by atoms with Gasteiger partial charge in [0.2, 0.25) is 0 Å². The summed E-state index contributed by atoms with van der Waals surface area (Å²) in [5.41, 5.74) is -0.0840. The molecule has 1 aromatic rings. The number of aromatic nitrogens is 2. The number of aliphatic hydroxyl groups excluding tert-OH is 1. The first kappa shape index (κ1) is 14.7. The van der Waals surface area contributed by atoms with Crippen LogP contribution >= 0.6 is 0 Å². The van der Waals surface area contributed by atoms with Crippen molar-refractivity contribution >= 4 is 5.82 Å². The first-order valence-electron chi connectivity index (χ1n) is 6.63. The van der Waals surface area contributed by atoms with Crippen molar-refractivity contribution < 1.29 is 5.11 Å². The number of rotatable bonds is 8. The second kappa shape index (κ2) is 7.87. The molecule has 0 aliphatic carbocycles. The average molecular weight is 253 g/mol. The lowest BCUT2D eigenvalue weighted by molar-refractivity contribution is 0.255. The molecule has 5 nitrogen and oxygen atoms in total. The van der Waals surface area contributed by atoms with Crippen LogP contribution in [0.15, 0.2) is 17.2 Å². The topological polar surface area (TPSA) is 67.2 Å². The summed E-state index contributed by atoms with van der Waals surface area (Å²) in [6.45, 7) is 5.56. The van der Waals surface area contributed by atoms with Gasteiger partial charge in [-0.05, 0) is 25.7 Å². The van der Waals surface area contributed by atoms with Crippen LogP contribution in [-0.2, 0) is 6.54 Å². The molecule has 0 amide bonds. The van der Waals surface area contributed by atoms with E-state index in [0.717, 1.165) is 19.3 Å². The Morgan fingerprint density at radius 2 is 2.22 bits per heavy atom. The smallest absolute Gasteiger partial charge is 0.293 e. The average Bonchev–Trinajstić information content (AvgIpc) is 2.38. The fourth-order valence-corrected chi connectivity index (χ4v) is 2.00. The van der Waals surface area contributed by atoms with Crippen LogP contribution in [0.2, 0.25) is 0 Å². The summed E-state index contributed by atoms with van der Waals surface area (Å²) >= 11 is 0. The third kappa shape index (κ3) is 4.14. The van der Waals surface area contributed by atoms with Gasteiger partial charge in [-0.25, -0.2) is 4.98 Å². The first-order valence-corrected chi connectivity index (χ1v) is 6.63. The van der Waals surface area contributed by atoms with Gasteiger partial charge < -0.3 is 15.0 Å². The fourth-order valence-electron chi connectivity index (χ4n) is 2.00. The van der Waals surface area contributed by atoms with Crippen LogP contribution in [0.5, 0.6) is 0 Å². The summed E-state index contributed by atoms with van der Waals surface area (Å²) in [7, 11) is 0. The molecule has 18 heavy (non-hydrogen) atoms. The molecule has 0 saturated carbocycles. The maximum atomic E-state index is 11.9. The predicted octanol–water partition coefficient (Wildman–Crippen LogP) is 1.47. The van der Waals surface area contributed by atoms with Crippen molar-refractivity contribution in [2.24, 2.45) is 5.92 Å². The maximum absolute atomic E-state index is 11.9. The van der Waals surface area contributed by atoms with Crippen molar-refractivity contribution in [3.63, 3.8) is 0 Å². The van der Waals surface area contributed by atoms with Crippen molar-refractivity contribution in [3.05, 3.63) is 22.7 Å². The molecule has 1 rings (SSSR count). The van der Waals surface area contributed by atoms with Gasteiger partial charge in [0.05, 0.1) is 0 Å². The number of aliphatic hydroxyl groups is 1. The summed E-state index contributed by atoms with van der Waals surface area (Å²) in [5, 5.41) is 12.1. The summed E-state index contributed by atoms with van der Waals surface area (Å²) in [6.07, 6.45) is 6.20. The Hall–Kier alpha value is -1.36. The van der Waals surface area contributed by atoms with Crippen LogP contribution < -0.4 is 10.9 Å². The molecule has 0 aliphatic rings. The second-order valence-corrected chi connectivity index (χ2v) is 4.41. The van der Waals surface area contributed by atoms with E-state index in [1.165, 1.54) is 0 Å². The highest BCUT2D eigenvalue weighted by atomic mass is 16.3. The van der Waals surface area contributed by atoms with Crippen molar-refractivity contribution in [3.8, 4) is 0 Å². The quantitative estimate of drug-likeness (QED) is 0.736. The van der Waals surface area contributed by atoms with Gasteiger partial charge in [0.25, 0.3) is 5.56 Å². The molecular formula is C13H23N3O2. The molecule has 0 saturated heterocycles. The summed E-state index contributed by atoms with van der Waals surface area (Å²) in [5.74, 6) is 0.787. The van der Waals surface area contributed by atoms with E-state index in [0.29, 0.717) is 24.8 Å². The zero-order valence-corrected chi connectivity index (χ0v) is 11.2. The van der Waals surface area contributed by atoms with Gasteiger partial charge in [-0.2, -0.15) is 0 Å². The minimum Gasteiger partial charge on any atom is -0.396 e. The standard InChI is InChI=1S/C13H23N3O2/c1-3-5-11(6-9-17)10-15-12-13(18)16(4-2)8-7-14-12/h7-8,11,17H,3-6,9-10H2,1-2H3,(H,14,15). The minimum atomic E-state index is -0.0840. The number of hydrogen-bond donors (Lipinski definition) is 2. The number of aryl methyl sites for hydroxylation is 1. The monoisotopic (exact) mass is 253 g/mol. The Labute approximate surface area is 108 Å². The second-order valence-electron chi connectivity index (χ2n) is 4.41. The lowest BCUT2D eigenvalue weighted by Gasteiger charge is -2.16. The zero-order chi connectivity index (χ0) is 13.4. The van der Waals surface area contributed by atoms with Gasteiger partial charge in [0.15, 0.2) is 5.82 Å². The molecule has 1 aromatic heterocycles. The molecule has 1 atom stereocenters. The normalized spacial score (nSPS) is 12.4. The van der Waals surface area contributed by atoms with Crippen molar-refractivity contribution in [1.82, 2.24) is 9.55 Å². The maximum Gasteiger partial charge on any atom is 0.293 e. The molecule has 0 spiro atoms. The Morgan fingerprint density at radius 1 is 1.44 bits per heavy atom. The number of nitrogens with zero attached hydrogens (tertiary/aromatic N) is 2. The van der Waals surface area contributed by atoms with E-state index >= 15 is 0 Å². The largest absolute Gasteiger partial charge is 0.396 e. The lowest BCUT2D eigenvalue weighted by atomic mass is 10.0. The third-order valence-corrected chi connectivity index (χ3v) is 3.05. The van der Waals surface area contributed by atoms with Crippen molar-refractivity contribution in [1.29, 1.82) is 0 Å². The van der Waals surface area contributed by atoms with Crippen LogP contribution in [0.3, 0.4) is 0 Å². The van der Waals surface area contributed by atoms with E-state index in [9.17, 15) is 4.79 Å². The molecule has 0 aliphatic heterocycles. The molecular weight excluding hydrogens is 230 g/mol. The lowest BCUT2D eigenvalue weighted by Crippen LogP contribution is -2.26. The third-order valence-electron chi connectivity index (χ3n) is 3.05. The van der Waals surface area contributed by atoms with E-state index in [2.05, 4.69) is 17.2 Å². The predicted molar refractivity (Wildman–Crippen MR) is 72.8 cm³/mol. The van der Waals surface area contributed by atoms with Gasteiger partial charge in [-0.1, -0.05) is 13.3 Å². The molecule has 0 bridgehead atoms. The molecule has 1 heterocycles. The Morgan fingerprint density at radius 3 is 2.83 bits per heavy atom. The van der Waals surface area contributed by atoms with E-state index in [1.54, 1.807) is 17.0 Å². The van der Waals surface area contributed by atoms with E-state index in [4.69, 9.17) is 5.11 Å². The highest BCUT2D eigenvalue weighted by Gasteiger charge is 2.09. The van der Waals surface area contributed by atoms with E-state index in [1.807, 2.05) is 6.92 Å². The van der Waals surface area contributed by atoms with Crippen LogP contribution in [0, 0.1) is 5.92 Å². The Kier molecular flexibility index (Phi) is 6.43. The molecule has 102 valence electrons. The molecule has 0 fully saturated rings. The Bertz CT molecular complexity index is 397. The van der Waals surface area contributed by atoms with Crippen LogP contribution in [-0.4, -0.2) is 27.8 Å². The van der Waals surface area contributed by atoms with Crippen LogP contribution in [0.1, 0.15) is 33.1 Å². The zero-order valence-electron chi connectivity index (χ0n) is 11.2. The minimum absolute atomic E-state index is 0.0840. The number of nitrogens with one attached hydrogen (secondary N) is 1. The van der Waals surface area contributed by atoms with Gasteiger partial charge >= 0.3 is 0 Å². The fraction of sp³-hybridized carbons (Fsp3) is 0.692. The molecule has 0 aromatic carbocycles. The number of anilines is 1. The molecule has 0 radical (unpaired) electrons. The van der Waals surface area contributed by atoms with E-state index < -0.39 is 0 Å². The molecule has 1 unspecified atom stereocenters. The van der Waals surface area contributed by atoms with Crippen LogP contribution in [0.25, 0.3) is 0 Å². The first-order chi connectivity index (χ1) is 8.72.